The summed E-state index contributed by atoms with van der Waals surface area (Å²) in [5.74, 6) is 0.881. The van der Waals surface area contributed by atoms with Crippen LogP contribution in [0.1, 0.15) is 33.5 Å². The number of hydrogen-bond donors (Lipinski definition) is 0. The van der Waals surface area contributed by atoms with E-state index in [1.807, 2.05) is 12.1 Å². The number of methoxy groups -OCH3 is 1. The van der Waals surface area contributed by atoms with Crippen LogP contribution in [0, 0.1) is 13.8 Å². The third kappa shape index (κ3) is 3.49. The van der Waals surface area contributed by atoms with Crippen LogP contribution >= 0.6 is 0 Å². The van der Waals surface area contributed by atoms with Gasteiger partial charge in [0.2, 0.25) is 17.1 Å². The van der Waals surface area contributed by atoms with E-state index in [2.05, 4.69) is 102 Å². The first kappa shape index (κ1) is 22.9. The van der Waals surface area contributed by atoms with Gasteiger partial charge in [-0.2, -0.15) is 9.13 Å². The maximum Gasteiger partial charge on any atom is 0.221 e. The first-order valence-corrected chi connectivity index (χ1v) is 13.6. The van der Waals surface area contributed by atoms with Crippen molar-refractivity contribution in [3.8, 4) is 28.3 Å². The highest BCUT2D eigenvalue weighted by Crippen LogP contribution is 2.44. The molecule has 2 aliphatic rings. The monoisotopic (exact) mass is 496 g/mol. The molecule has 2 aliphatic heterocycles. The van der Waals surface area contributed by atoms with Crippen LogP contribution in [0.3, 0.4) is 0 Å². The topological polar surface area (TPSA) is 17.0 Å². The lowest BCUT2D eigenvalue weighted by Crippen LogP contribution is -2.45. The van der Waals surface area contributed by atoms with Gasteiger partial charge in [-0.1, -0.05) is 30.3 Å². The zero-order chi connectivity index (χ0) is 25.8. The molecule has 0 aliphatic carbocycles. The predicted molar refractivity (Wildman–Crippen MR) is 154 cm³/mol. The van der Waals surface area contributed by atoms with E-state index in [9.17, 15) is 0 Å². The van der Waals surface area contributed by atoms with Crippen LogP contribution in [0.5, 0.6) is 5.75 Å². The Morgan fingerprint density at radius 2 is 1.50 bits per heavy atom. The number of benzene rings is 3. The van der Waals surface area contributed by atoms with E-state index in [1.165, 1.54) is 66.8 Å². The number of hydrogen-bond acceptors (Lipinski definition) is 1. The lowest BCUT2D eigenvalue weighted by Gasteiger charge is -2.27. The molecule has 0 saturated heterocycles. The van der Waals surface area contributed by atoms with Crippen LogP contribution in [0.25, 0.3) is 45.4 Å². The van der Waals surface area contributed by atoms with E-state index in [-0.39, 0.29) is 0 Å². The quantitative estimate of drug-likeness (QED) is 0.255. The summed E-state index contributed by atoms with van der Waals surface area (Å²) >= 11 is 0. The van der Waals surface area contributed by atoms with Crippen LogP contribution in [-0.4, -0.2) is 7.11 Å². The second-order valence-corrected chi connectivity index (χ2v) is 10.5. The van der Waals surface area contributed by atoms with Gasteiger partial charge in [-0.25, -0.2) is 0 Å². The van der Waals surface area contributed by atoms with E-state index in [0.717, 1.165) is 31.7 Å². The van der Waals surface area contributed by atoms with Crippen molar-refractivity contribution in [1.29, 1.82) is 0 Å². The molecule has 5 aromatic rings. The average molecular weight is 497 g/mol. The molecule has 0 N–H and O–H groups in total. The largest absolute Gasteiger partial charge is 0.497 e. The van der Waals surface area contributed by atoms with Gasteiger partial charge in [0.1, 0.15) is 5.75 Å². The number of pyridine rings is 2. The average Bonchev–Trinajstić information content (AvgIpc) is 2.97. The van der Waals surface area contributed by atoms with Crippen LogP contribution in [0.15, 0.2) is 79.0 Å². The second kappa shape index (κ2) is 8.95. The van der Waals surface area contributed by atoms with Gasteiger partial charge in [0, 0.05) is 37.1 Å². The normalized spacial score (nSPS) is 13.7. The molecular formula is C35H32N2O+2. The number of aryl methyl sites for hydroxylation is 1. The Bertz CT molecular complexity index is 1760. The molecule has 0 amide bonds. The second-order valence-electron chi connectivity index (χ2n) is 10.5. The Kier molecular flexibility index (Phi) is 5.40. The molecular weight excluding hydrogens is 464 g/mol. The van der Waals surface area contributed by atoms with Gasteiger partial charge in [0.05, 0.1) is 23.6 Å². The smallest absolute Gasteiger partial charge is 0.221 e. The molecule has 3 aromatic carbocycles. The first-order chi connectivity index (χ1) is 18.6. The molecule has 0 bridgehead atoms. The SMILES string of the molecule is COc1ccc(/C=C/c2cccc3[n+]2CCc2c(C)c(C)c4c(c2-3)-c2c3ccccc3cc[n+]2CC4)cc1. The zero-order valence-corrected chi connectivity index (χ0v) is 22.3. The standard InChI is InChI=1S/C35H32N2O/c1-23-24(2)30-18-21-36-20-17-26-7-4-5-9-31(26)35(36)34(30)33-29(23)19-22-37-27(8-6-10-32(33)37)14-11-25-12-15-28(38-3)16-13-25/h4-17,20H,18-19,21-22H2,1-3H3/q+2/b14-11+. The Morgan fingerprint density at radius 3 is 2.32 bits per heavy atom. The Hall–Kier alpha value is -4.24. The summed E-state index contributed by atoms with van der Waals surface area (Å²) in [6, 6.07) is 26.1. The van der Waals surface area contributed by atoms with Gasteiger partial charge in [-0.05, 0) is 77.4 Å². The Labute approximate surface area is 224 Å². The van der Waals surface area contributed by atoms with Crippen LogP contribution in [-0.2, 0) is 25.9 Å². The van der Waals surface area contributed by atoms with Crippen molar-refractivity contribution in [3.63, 3.8) is 0 Å². The maximum atomic E-state index is 5.32. The van der Waals surface area contributed by atoms with Crippen molar-refractivity contribution in [2.75, 3.05) is 7.11 Å². The summed E-state index contributed by atoms with van der Waals surface area (Å²) in [5.41, 5.74) is 13.9. The van der Waals surface area contributed by atoms with E-state index < -0.39 is 0 Å². The molecule has 0 fully saturated rings. The van der Waals surface area contributed by atoms with Crippen molar-refractivity contribution in [1.82, 2.24) is 0 Å². The first-order valence-electron chi connectivity index (χ1n) is 13.6. The summed E-state index contributed by atoms with van der Waals surface area (Å²) in [5, 5.41) is 2.65. The summed E-state index contributed by atoms with van der Waals surface area (Å²) < 4.78 is 10.3. The number of ether oxygens (including phenoxy) is 1. The molecule has 0 unspecified atom stereocenters. The zero-order valence-electron chi connectivity index (χ0n) is 22.3. The number of fused-ring (bicyclic) bond motifs is 9. The predicted octanol–water partition coefficient (Wildman–Crippen LogP) is 6.66. The number of aromatic nitrogens is 2. The molecule has 7 rings (SSSR count). The van der Waals surface area contributed by atoms with Crippen molar-refractivity contribution in [2.45, 2.75) is 39.8 Å². The van der Waals surface area contributed by atoms with Crippen molar-refractivity contribution in [2.24, 2.45) is 0 Å². The summed E-state index contributed by atoms with van der Waals surface area (Å²) in [7, 11) is 1.71. The molecule has 3 nitrogen and oxygen atoms in total. The lowest BCUT2D eigenvalue weighted by atomic mass is 9.79. The summed E-state index contributed by atoms with van der Waals surface area (Å²) in [6.07, 6.45) is 8.86. The van der Waals surface area contributed by atoms with Crippen LogP contribution in [0.2, 0.25) is 0 Å². The molecule has 0 spiro atoms. The van der Waals surface area contributed by atoms with Crippen LogP contribution < -0.4 is 13.9 Å². The van der Waals surface area contributed by atoms with Crippen molar-refractivity contribution < 1.29 is 13.9 Å². The molecule has 0 atom stereocenters. The Morgan fingerprint density at radius 1 is 0.737 bits per heavy atom. The minimum atomic E-state index is 0.881. The van der Waals surface area contributed by atoms with Crippen molar-refractivity contribution >= 4 is 22.9 Å². The Balaban J connectivity index is 1.45. The minimum Gasteiger partial charge on any atom is -0.497 e. The maximum absolute atomic E-state index is 5.32. The van der Waals surface area contributed by atoms with Gasteiger partial charge in [-0.15, -0.1) is 0 Å². The highest BCUT2D eigenvalue weighted by atomic mass is 16.5. The summed E-state index contributed by atoms with van der Waals surface area (Å²) in [4.78, 5) is 0. The fraction of sp³-hybridized carbons (Fsp3) is 0.200. The van der Waals surface area contributed by atoms with Gasteiger partial charge < -0.3 is 4.74 Å². The molecule has 2 aromatic heterocycles. The molecule has 0 radical (unpaired) electrons. The van der Waals surface area contributed by atoms with E-state index in [4.69, 9.17) is 4.74 Å². The highest BCUT2D eigenvalue weighted by Gasteiger charge is 2.37. The number of nitrogens with zero attached hydrogens (tertiary/aromatic N) is 2. The molecule has 4 heterocycles. The van der Waals surface area contributed by atoms with E-state index in [1.54, 1.807) is 7.11 Å². The van der Waals surface area contributed by atoms with Gasteiger partial charge in [0.15, 0.2) is 19.3 Å². The van der Waals surface area contributed by atoms with E-state index in [0.29, 0.717) is 0 Å². The minimum absolute atomic E-state index is 0.881. The molecule has 0 saturated carbocycles. The highest BCUT2D eigenvalue weighted by molar-refractivity contribution is 5.99. The van der Waals surface area contributed by atoms with E-state index >= 15 is 0 Å². The lowest BCUT2D eigenvalue weighted by molar-refractivity contribution is -0.690. The summed E-state index contributed by atoms with van der Waals surface area (Å²) in [6.45, 7) is 6.69. The third-order valence-electron chi connectivity index (χ3n) is 8.63. The molecule has 186 valence electrons. The molecule has 38 heavy (non-hydrogen) atoms. The van der Waals surface area contributed by atoms with Gasteiger partial charge in [0.25, 0.3) is 0 Å². The number of rotatable bonds is 3. The third-order valence-corrected chi connectivity index (χ3v) is 8.63. The van der Waals surface area contributed by atoms with Gasteiger partial charge >= 0.3 is 0 Å². The van der Waals surface area contributed by atoms with Crippen molar-refractivity contribution in [3.05, 3.63) is 113 Å². The van der Waals surface area contributed by atoms with Crippen LogP contribution in [0.4, 0.5) is 0 Å². The van der Waals surface area contributed by atoms with Gasteiger partial charge in [-0.3, -0.25) is 0 Å². The molecule has 3 heteroatoms. The fourth-order valence-electron chi connectivity index (χ4n) is 6.54. The fourth-order valence-corrected chi connectivity index (χ4v) is 6.54.